The highest BCUT2D eigenvalue weighted by molar-refractivity contribution is 6.01. The number of carbonyl (C=O) groups excluding carboxylic acids is 1. The number of halogens is 6. The molecule has 2 aromatic rings. The molecule has 0 aromatic carbocycles. The normalized spacial score (nSPS) is 14.4. The van der Waals surface area contributed by atoms with E-state index < -0.39 is 64.3 Å². The van der Waals surface area contributed by atoms with Crippen molar-refractivity contribution in [1.82, 2.24) is 15.3 Å². The Bertz CT molecular complexity index is 1240. The number of methoxy groups -OCH3 is 1. The van der Waals surface area contributed by atoms with Crippen molar-refractivity contribution in [1.29, 1.82) is 0 Å². The molecule has 2 rings (SSSR count). The van der Waals surface area contributed by atoms with Crippen LogP contribution in [0.25, 0.3) is 17.0 Å². The third-order valence-electron chi connectivity index (χ3n) is 4.97. The van der Waals surface area contributed by atoms with Gasteiger partial charge in [0.15, 0.2) is 11.3 Å². The van der Waals surface area contributed by atoms with E-state index in [0.717, 1.165) is 13.2 Å². The van der Waals surface area contributed by atoms with Crippen LogP contribution >= 0.6 is 0 Å². The first kappa shape index (κ1) is 29.2. The molecule has 0 saturated heterocycles. The summed E-state index contributed by atoms with van der Waals surface area (Å²) in [6, 6.07) is 2.46. The van der Waals surface area contributed by atoms with Gasteiger partial charge >= 0.3 is 12.4 Å². The van der Waals surface area contributed by atoms with E-state index in [1.807, 2.05) is 0 Å². The standard InChI is InChI=1S/C23H23F6N5O3/c1-4-5-6-9-13(30)14-15(22(24,25)26)17(12-8-7-10-32-20(12)37-3)34-18(16(14)31)19(35)33-11-21(2,36)23(27,28)29/h4-10,36H,1,11,30-31H2,2-3H3,(H,33,35)/b6-5-,13-9-. The number of rotatable bonds is 8. The van der Waals surface area contributed by atoms with Crippen LogP contribution < -0.4 is 21.5 Å². The molecule has 2 heterocycles. The number of nitrogens with zero attached hydrogens (tertiary/aromatic N) is 2. The van der Waals surface area contributed by atoms with Crippen LogP contribution in [0.1, 0.15) is 28.5 Å². The molecule has 0 aliphatic rings. The largest absolute Gasteiger partial charge is 0.481 e. The molecule has 6 N–H and O–H groups in total. The predicted octanol–water partition coefficient (Wildman–Crippen LogP) is 3.84. The maximum Gasteiger partial charge on any atom is 0.419 e. The van der Waals surface area contributed by atoms with E-state index in [9.17, 15) is 36.2 Å². The molecule has 0 radical (unpaired) electrons. The van der Waals surface area contributed by atoms with Crippen LogP contribution in [-0.2, 0) is 6.18 Å². The molecular weight excluding hydrogens is 508 g/mol. The summed E-state index contributed by atoms with van der Waals surface area (Å²) in [4.78, 5) is 20.4. The number of nitrogen functional groups attached to an aromatic ring is 1. The summed E-state index contributed by atoms with van der Waals surface area (Å²) in [7, 11) is 1.14. The summed E-state index contributed by atoms with van der Waals surface area (Å²) in [5, 5.41) is 11.4. The molecule has 1 amide bonds. The fourth-order valence-corrected chi connectivity index (χ4v) is 3.03. The van der Waals surface area contributed by atoms with Crippen molar-refractivity contribution < 1.29 is 41.0 Å². The van der Waals surface area contributed by atoms with Gasteiger partial charge in [-0.1, -0.05) is 24.8 Å². The lowest BCUT2D eigenvalue weighted by Gasteiger charge is -2.26. The fraction of sp³-hybridized carbons (Fsp3) is 0.261. The third-order valence-corrected chi connectivity index (χ3v) is 4.97. The maximum absolute atomic E-state index is 14.4. The topological polar surface area (TPSA) is 136 Å². The first-order chi connectivity index (χ1) is 17.1. The first-order valence-corrected chi connectivity index (χ1v) is 10.3. The van der Waals surface area contributed by atoms with E-state index in [1.165, 1.54) is 36.6 Å². The Morgan fingerprint density at radius 1 is 1.24 bits per heavy atom. The number of aliphatic hydroxyl groups is 1. The molecule has 37 heavy (non-hydrogen) atoms. The van der Waals surface area contributed by atoms with Gasteiger partial charge in [-0.2, -0.15) is 26.3 Å². The molecule has 0 aliphatic carbocycles. The van der Waals surface area contributed by atoms with E-state index in [2.05, 4.69) is 16.5 Å². The van der Waals surface area contributed by atoms with Gasteiger partial charge in [-0.3, -0.25) is 4.79 Å². The molecule has 0 saturated carbocycles. The molecule has 1 unspecified atom stereocenters. The summed E-state index contributed by atoms with van der Waals surface area (Å²) in [6.45, 7) is 2.49. The van der Waals surface area contributed by atoms with Crippen molar-refractivity contribution >= 4 is 17.3 Å². The van der Waals surface area contributed by atoms with Crippen molar-refractivity contribution in [2.24, 2.45) is 5.73 Å². The minimum absolute atomic E-state index is 0.295. The zero-order valence-corrected chi connectivity index (χ0v) is 19.5. The lowest BCUT2D eigenvalue weighted by Crippen LogP contribution is -2.51. The number of alkyl halides is 6. The number of nitrogens with one attached hydrogen (secondary N) is 1. The quantitative estimate of drug-likeness (QED) is 0.300. The number of pyridine rings is 2. The van der Waals surface area contributed by atoms with Gasteiger partial charge in [-0.15, -0.1) is 0 Å². The Morgan fingerprint density at radius 3 is 2.43 bits per heavy atom. The number of hydrogen-bond acceptors (Lipinski definition) is 7. The van der Waals surface area contributed by atoms with Crippen LogP contribution in [-0.4, -0.2) is 46.4 Å². The predicted molar refractivity (Wildman–Crippen MR) is 124 cm³/mol. The number of hydrogen-bond donors (Lipinski definition) is 4. The molecule has 0 bridgehead atoms. The van der Waals surface area contributed by atoms with E-state index in [-0.39, 0.29) is 11.4 Å². The maximum atomic E-state index is 14.4. The molecule has 8 nitrogen and oxygen atoms in total. The van der Waals surface area contributed by atoms with Gasteiger partial charge in [-0.25, -0.2) is 9.97 Å². The lowest BCUT2D eigenvalue weighted by molar-refractivity contribution is -0.249. The second-order valence-electron chi connectivity index (χ2n) is 7.73. The van der Waals surface area contributed by atoms with Crippen molar-refractivity contribution in [2.45, 2.75) is 24.9 Å². The highest BCUT2D eigenvalue weighted by Gasteiger charge is 2.50. The second-order valence-corrected chi connectivity index (χ2v) is 7.73. The molecule has 1 atom stereocenters. The summed E-state index contributed by atoms with van der Waals surface area (Å²) in [6.07, 6.45) is -4.02. The molecule has 0 spiro atoms. The monoisotopic (exact) mass is 531 g/mol. The minimum Gasteiger partial charge on any atom is -0.481 e. The number of carbonyl (C=O) groups is 1. The molecular formula is C23H23F6N5O3. The Hall–Kier alpha value is -4.07. The van der Waals surface area contributed by atoms with Gasteiger partial charge in [0.1, 0.15) is 0 Å². The van der Waals surface area contributed by atoms with Crippen LogP contribution in [0, 0.1) is 0 Å². The van der Waals surface area contributed by atoms with E-state index in [1.54, 1.807) is 5.32 Å². The van der Waals surface area contributed by atoms with E-state index in [0.29, 0.717) is 6.92 Å². The second kappa shape index (κ2) is 10.9. The smallest absolute Gasteiger partial charge is 0.419 e. The fourth-order valence-electron chi connectivity index (χ4n) is 3.03. The van der Waals surface area contributed by atoms with Gasteiger partial charge in [0.25, 0.3) is 5.91 Å². The van der Waals surface area contributed by atoms with Crippen LogP contribution in [0.15, 0.2) is 49.2 Å². The van der Waals surface area contributed by atoms with Crippen molar-refractivity contribution in [3.8, 4) is 17.1 Å². The number of amides is 1. The zero-order valence-electron chi connectivity index (χ0n) is 19.5. The number of ether oxygens (including phenoxy) is 1. The summed E-state index contributed by atoms with van der Waals surface area (Å²) < 4.78 is 87.2. The number of allylic oxidation sites excluding steroid dienone is 4. The van der Waals surface area contributed by atoms with Crippen molar-refractivity contribution in [2.75, 3.05) is 19.4 Å². The van der Waals surface area contributed by atoms with Gasteiger partial charge in [0.2, 0.25) is 5.88 Å². The molecule has 14 heteroatoms. The minimum atomic E-state index is -5.12. The van der Waals surface area contributed by atoms with Crippen molar-refractivity contribution in [3.63, 3.8) is 0 Å². The van der Waals surface area contributed by atoms with Gasteiger partial charge < -0.3 is 26.6 Å². The molecule has 200 valence electrons. The average Bonchev–Trinajstić information content (AvgIpc) is 2.80. The molecule has 0 aliphatic heterocycles. The summed E-state index contributed by atoms with van der Waals surface area (Å²) in [5.41, 5.74) is 2.78. The molecule has 0 fully saturated rings. The average molecular weight is 531 g/mol. The number of anilines is 1. The lowest BCUT2D eigenvalue weighted by atomic mass is 9.95. The Balaban J connectivity index is 2.90. The first-order valence-electron chi connectivity index (χ1n) is 10.3. The van der Waals surface area contributed by atoms with Gasteiger partial charge in [-0.05, 0) is 25.1 Å². The van der Waals surface area contributed by atoms with Crippen molar-refractivity contribution in [3.05, 3.63) is 66.0 Å². The molecule has 2 aromatic heterocycles. The van der Waals surface area contributed by atoms with Crippen LogP contribution in [0.4, 0.5) is 32.0 Å². The van der Waals surface area contributed by atoms with Gasteiger partial charge in [0.05, 0.1) is 36.2 Å². The van der Waals surface area contributed by atoms with E-state index in [4.69, 9.17) is 16.2 Å². The summed E-state index contributed by atoms with van der Waals surface area (Å²) >= 11 is 0. The third kappa shape index (κ3) is 6.39. The highest BCUT2D eigenvalue weighted by atomic mass is 19.4. The highest BCUT2D eigenvalue weighted by Crippen LogP contribution is 2.44. The number of nitrogens with two attached hydrogens (primary N) is 2. The van der Waals surface area contributed by atoms with Crippen LogP contribution in [0.3, 0.4) is 0 Å². The zero-order chi connectivity index (χ0) is 28.2. The van der Waals surface area contributed by atoms with Gasteiger partial charge in [0, 0.05) is 17.5 Å². The Labute approximate surface area is 207 Å². The van der Waals surface area contributed by atoms with E-state index >= 15 is 0 Å². The van der Waals surface area contributed by atoms with Crippen LogP contribution in [0.2, 0.25) is 0 Å². The Morgan fingerprint density at radius 2 is 1.89 bits per heavy atom. The number of aromatic nitrogens is 2. The van der Waals surface area contributed by atoms with Crippen LogP contribution in [0.5, 0.6) is 5.88 Å². The SMILES string of the molecule is C=C/C=C\C=C(/N)c1c(N)c(C(=O)NCC(C)(O)C(F)(F)F)nc(-c2cccnc2OC)c1C(F)(F)F. The summed E-state index contributed by atoms with van der Waals surface area (Å²) in [5.74, 6) is -1.69. The Kier molecular flexibility index (Phi) is 8.59.